The highest BCUT2D eigenvalue weighted by Gasteiger charge is 2.09. The summed E-state index contributed by atoms with van der Waals surface area (Å²) in [6.45, 7) is 4.42. The van der Waals surface area contributed by atoms with Crippen molar-refractivity contribution < 1.29 is 4.74 Å². The van der Waals surface area contributed by atoms with E-state index in [9.17, 15) is 0 Å². The smallest absolute Gasteiger partial charge is 0.323 e. The van der Waals surface area contributed by atoms with Crippen LogP contribution in [0.25, 0.3) is 0 Å². The number of benzene rings is 1. The maximum atomic E-state index is 5.64. The summed E-state index contributed by atoms with van der Waals surface area (Å²) < 4.78 is 5.24. The molecule has 1 heterocycles. The molecule has 0 aliphatic carbocycles. The Balaban J connectivity index is 2.02. The number of rotatable bonds is 6. The molecule has 20 heavy (non-hydrogen) atoms. The van der Waals surface area contributed by atoms with Crippen LogP contribution in [0.15, 0.2) is 30.3 Å². The fourth-order valence-electron chi connectivity index (χ4n) is 1.87. The first-order valence-electron chi connectivity index (χ1n) is 6.62. The zero-order chi connectivity index (χ0) is 14.4. The van der Waals surface area contributed by atoms with E-state index in [0.29, 0.717) is 12.6 Å². The fraction of sp³-hybridized carbons (Fsp3) is 0.357. The van der Waals surface area contributed by atoms with Crippen molar-refractivity contribution >= 4 is 11.9 Å². The fourth-order valence-corrected chi connectivity index (χ4v) is 1.87. The van der Waals surface area contributed by atoms with E-state index < -0.39 is 0 Å². The summed E-state index contributed by atoms with van der Waals surface area (Å²) in [5.74, 6) is 0.585. The largest absolute Gasteiger partial charge is 0.464 e. The van der Waals surface area contributed by atoms with Crippen LogP contribution in [0, 0.1) is 0 Å². The Labute approximate surface area is 118 Å². The zero-order valence-corrected chi connectivity index (χ0v) is 11.7. The molecule has 0 aliphatic rings. The lowest BCUT2D eigenvalue weighted by molar-refractivity contribution is 0.312. The minimum atomic E-state index is 0.151. The molecule has 0 amide bonds. The number of anilines is 2. The molecule has 0 bridgehead atoms. The van der Waals surface area contributed by atoms with Crippen LogP contribution in [-0.4, -0.2) is 27.6 Å². The van der Waals surface area contributed by atoms with Crippen LogP contribution >= 0.6 is 0 Å². The van der Waals surface area contributed by atoms with Gasteiger partial charge >= 0.3 is 6.01 Å². The lowest BCUT2D eigenvalue weighted by atomic mass is 10.1. The molecular formula is C14H19N5O. The minimum absolute atomic E-state index is 0.151. The molecule has 2 rings (SSSR count). The van der Waals surface area contributed by atoms with Gasteiger partial charge in [-0.2, -0.15) is 15.0 Å². The van der Waals surface area contributed by atoms with E-state index in [1.54, 1.807) is 0 Å². The summed E-state index contributed by atoms with van der Waals surface area (Å²) in [4.78, 5) is 12.1. The third-order valence-electron chi connectivity index (χ3n) is 2.67. The van der Waals surface area contributed by atoms with Gasteiger partial charge in [0.15, 0.2) is 0 Å². The Bertz CT molecular complexity index is 547. The number of nitrogens with one attached hydrogen (secondary N) is 1. The lowest BCUT2D eigenvalue weighted by Gasteiger charge is -2.14. The molecule has 0 fully saturated rings. The lowest BCUT2D eigenvalue weighted by Crippen LogP contribution is -2.20. The van der Waals surface area contributed by atoms with Crippen molar-refractivity contribution in [2.75, 3.05) is 17.7 Å². The van der Waals surface area contributed by atoms with Crippen LogP contribution in [0.1, 0.15) is 19.4 Å². The molecule has 0 radical (unpaired) electrons. The molecule has 0 aliphatic heterocycles. The Morgan fingerprint density at radius 1 is 1.20 bits per heavy atom. The first kappa shape index (κ1) is 14.0. The molecule has 1 aromatic carbocycles. The van der Waals surface area contributed by atoms with Gasteiger partial charge in [-0.05, 0) is 25.8 Å². The number of hydrogen-bond donors (Lipinski definition) is 2. The molecule has 2 aromatic rings. The Kier molecular flexibility index (Phi) is 4.70. The normalized spacial score (nSPS) is 11.9. The number of nitrogens with zero attached hydrogens (tertiary/aromatic N) is 3. The predicted molar refractivity (Wildman–Crippen MR) is 78.6 cm³/mol. The standard InChI is InChI=1S/C14H19N5O/c1-3-20-14-18-12(15)17-13(19-14)16-10(2)9-11-7-5-4-6-8-11/h4-8,10H,3,9H2,1-2H3,(H3,15,16,17,18,19). The summed E-state index contributed by atoms with van der Waals surface area (Å²) >= 11 is 0. The Hall–Kier alpha value is -2.37. The molecule has 1 aromatic heterocycles. The third kappa shape index (κ3) is 4.08. The van der Waals surface area contributed by atoms with E-state index in [1.165, 1.54) is 5.56 Å². The van der Waals surface area contributed by atoms with Crippen molar-refractivity contribution in [3.8, 4) is 6.01 Å². The number of hydrogen-bond acceptors (Lipinski definition) is 6. The molecule has 3 N–H and O–H groups in total. The van der Waals surface area contributed by atoms with Crippen LogP contribution in [-0.2, 0) is 6.42 Å². The summed E-state index contributed by atoms with van der Waals surface area (Å²) in [6.07, 6.45) is 0.871. The highest BCUT2D eigenvalue weighted by atomic mass is 16.5. The van der Waals surface area contributed by atoms with Crippen molar-refractivity contribution in [2.24, 2.45) is 0 Å². The van der Waals surface area contributed by atoms with Crippen molar-refractivity contribution in [1.82, 2.24) is 15.0 Å². The Morgan fingerprint density at radius 2 is 1.95 bits per heavy atom. The van der Waals surface area contributed by atoms with Gasteiger partial charge in [-0.3, -0.25) is 0 Å². The van der Waals surface area contributed by atoms with Gasteiger partial charge in [-0.25, -0.2) is 0 Å². The quantitative estimate of drug-likeness (QED) is 0.836. The molecule has 0 saturated carbocycles. The molecule has 6 heteroatoms. The van der Waals surface area contributed by atoms with Gasteiger partial charge in [0.1, 0.15) is 0 Å². The van der Waals surface area contributed by atoms with Gasteiger partial charge in [0, 0.05) is 6.04 Å². The second-order valence-electron chi connectivity index (χ2n) is 4.47. The van der Waals surface area contributed by atoms with Crippen molar-refractivity contribution in [2.45, 2.75) is 26.3 Å². The van der Waals surface area contributed by atoms with E-state index in [4.69, 9.17) is 10.5 Å². The van der Waals surface area contributed by atoms with E-state index >= 15 is 0 Å². The SMILES string of the molecule is CCOc1nc(N)nc(NC(C)Cc2ccccc2)n1. The number of aromatic nitrogens is 3. The van der Waals surface area contributed by atoms with E-state index in [2.05, 4.69) is 39.3 Å². The third-order valence-corrected chi connectivity index (χ3v) is 2.67. The predicted octanol–water partition coefficient (Wildman–Crippen LogP) is 1.90. The van der Waals surface area contributed by atoms with E-state index in [0.717, 1.165) is 6.42 Å². The number of ether oxygens (including phenoxy) is 1. The molecule has 1 atom stereocenters. The first-order valence-corrected chi connectivity index (χ1v) is 6.62. The van der Waals surface area contributed by atoms with Crippen LogP contribution in [0.2, 0.25) is 0 Å². The summed E-state index contributed by atoms with van der Waals surface area (Å²) in [5, 5.41) is 3.21. The van der Waals surface area contributed by atoms with Crippen molar-refractivity contribution in [3.63, 3.8) is 0 Å². The number of nitrogens with two attached hydrogens (primary N) is 1. The van der Waals surface area contributed by atoms with Gasteiger partial charge in [-0.15, -0.1) is 0 Å². The average molecular weight is 273 g/mol. The maximum absolute atomic E-state index is 5.64. The van der Waals surface area contributed by atoms with Crippen LogP contribution in [0.5, 0.6) is 6.01 Å². The van der Waals surface area contributed by atoms with Gasteiger partial charge in [0.25, 0.3) is 0 Å². The zero-order valence-electron chi connectivity index (χ0n) is 11.7. The van der Waals surface area contributed by atoms with Crippen LogP contribution in [0.4, 0.5) is 11.9 Å². The average Bonchev–Trinajstić information content (AvgIpc) is 2.39. The molecule has 0 saturated heterocycles. The minimum Gasteiger partial charge on any atom is -0.464 e. The van der Waals surface area contributed by atoms with Crippen molar-refractivity contribution in [3.05, 3.63) is 35.9 Å². The van der Waals surface area contributed by atoms with Crippen LogP contribution < -0.4 is 15.8 Å². The highest BCUT2D eigenvalue weighted by molar-refractivity contribution is 5.34. The second kappa shape index (κ2) is 6.70. The first-order chi connectivity index (χ1) is 9.67. The molecular weight excluding hydrogens is 254 g/mol. The van der Waals surface area contributed by atoms with Gasteiger partial charge < -0.3 is 15.8 Å². The van der Waals surface area contributed by atoms with Gasteiger partial charge in [-0.1, -0.05) is 30.3 Å². The number of nitrogen functional groups attached to an aromatic ring is 1. The van der Waals surface area contributed by atoms with Crippen molar-refractivity contribution in [1.29, 1.82) is 0 Å². The summed E-state index contributed by atoms with van der Waals surface area (Å²) in [6, 6.07) is 10.6. The monoisotopic (exact) mass is 273 g/mol. The van der Waals surface area contributed by atoms with Gasteiger partial charge in [0.05, 0.1) is 6.61 Å². The Morgan fingerprint density at radius 3 is 2.65 bits per heavy atom. The molecule has 0 spiro atoms. The van der Waals surface area contributed by atoms with E-state index in [1.807, 2.05) is 25.1 Å². The summed E-state index contributed by atoms with van der Waals surface area (Å²) in [5.41, 5.74) is 6.89. The maximum Gasteiger partial charge on any atom is 0.323 e. The summed E-state index contributed by atoms with van der Waals surface area (Å²) in [7, 11) is 0. The van der Waals surface area contributed by atoms with E-state index in [-0.39, 0.29) is 18.0 Å². The topological polar surface area (TPSA) is 86.0 Å². The van der Waals surface area contributed by atoms with Crippen LogP contribution in [0.3, 0.4) is 0 Å². The highest BCUT2D eigenvalue weighted by Crippen LogP contribution is 2.11. The van der Waals surface area contributed by atoms with Gasteiger partial charge in [0.2, 0.25) is 11.9 Å². The second-order valence-corrected chi connectivity index (χ2v) is 4.47. The molecule has 106 valence electrons. The molecule has 1 unspecified atom stereocenters. The molecule has 6 nitrogen and oxygen atoms in total.